The van der Waals surface area contributed by atoms with Gasteiger partial charge in [0.05, 0.1) is 5.75 Å². The van der Waals surface area contributed by atoms with E-state index in [4.69, 9.17) is 5.11 Å². The Bertz CT molecular complexity index is 319. The van der Waals surface area contributed by atoms with Crippen LogP contribution in [0, 0.1) is 10.8 Å². The molecule has 0 unspecified atom stereocenters. The maximum atomic E-state index is 11.6. The first kappa shape index (κ1) is 12.9. The largest absolute Gasteiger partial charge is 0.396 e. The van der Waals surface area contributed by atoms with Gasteiger partial charge in [0.15, 0.2) is 0 Å². The molecule has 4 nitrogen and oxygen atoms in total. The standard InChI is InChI=1S/C10H21NO3S/c1-9(2)8(10(9,3)4)11-15(13,14)7-5-6-12/h8,11-12H,5-7H2,1-4H3. The predicted octanol–water partition coefficient (Wildman–Crippen LogP) is 0.723. The van der Waals surface area contributed by atoms with Gasteiger partial charge < -0.3 is 5.11 Å². The van der Waals surface area contributed by atoms with Crippen LogP contribution in [-0.4, -0.2) is 31.9 Å². The van der Waals surface area contributed by atoms with Crippen LogP contribution >= 0.6 is 0 Å². The molecular formula is C10H21NO3S. The van der Waals surface area contributed by atoms with Gasteiger partial charge in [0, 0.05) is 12.6 Å². The van der Waals surface area contributed by atoms with Gasteiger partial charge >= 0.3 is 0 Å². The Morgan fingerprint density at radius 1 is 1.20 bits per heavy atom. The van der Waals surface area contributed by atoms with E-state index in [1.165, 1.54) is 0 Å². The van der Waals surface area contributed by atoms with Crippen molar-refractivity contribution in [3.63, 3.8) is 0 Å². The molecule has 0 heterocycles. The van der Waals surface area contributed by atoms with Crippen LogP contribution in [0.2, 0.25) is 0 Å². The molecule has 2 N–H and O–H groups in total. The molecule has 1 aliphatic rings. The average Bonchev–Trinajstić information content (AvgIpc) is 2.45. The average molecular weight is 235 g/mol. The van der Waals surface area contributed by atoms with Gasteiger partial charge in [-0.2, -0.15) is 0 Å². The van der Waals surface area contributed by atoms with Gasteiger partial charge in [-0.05, 0) is 17.3 Å². The van der Waals surface area contributed by atoms with Crippen LogP contribution in [0.1, 0.15) is 34.1 Å². The maximum absolute atomic E-state index is 11.6. The molecule has 0 amide bonds. The Morgan fingerprint density at radius 3 is 2.00 bits per heavy atom. The number of nitrogens with one attached hydrogen (secondary N) is 1. The number of hydrogen-bond donors (Lipinski definition) is 2. The monoisotopic (exact) mass is 235 g/mol. The molecule has 0 radical (unpaired) electrons. The Balaban J connectivity index is 2.58. The fourth-order valence-corrected chi connectivity index (χ4v) is 3.56. The quantitative estimate of drug-likeness (QED) is 0.738. The van der Waals surface area contributed by atoms with Crippen molar-refractivity contribution < 1.29 is 13.5 Å². The SMILES string of the molecule is CC1(C)C(NS(=O)(=O)CCCO)C1(C)C. The number of aliphatic hydroxyl groups excluding tert-OH is 1. The third-order valence-corrected chi connectivity index (χ3v) is 5.31. The van der Waals surface area contributed by atoms with Crippen molar-refractivity contribution in [2.75, 3.05) is 12.4 Å². The fraction of sp³-hybridized carbons (Fsp3) is 1.00. The van der Waals surface area contributed by atoms with Crippen molar-refractivity contribution in [1.29, 1.82) is 0 Å². The van der Waals surface area contributed by atoms with Crippen LogP contribution in [0.25, 0.3) is 0 Å². The molecule has 1 saturated carbocycles. The van der Waals surface area contributed by atoms with Crippen LogP contribution in [0.3, 0.4) is 0 Å². The van der Waals surface area contributed by atoms with Crippen LogP contribution in [0.5, 0.6) is 0 Å². The Labute approximate surface area is 92.1 Å². The first-order chi connectivity index (χ1) is 6.65. The van der Waals surface area contributed by atoms with Crippen molar-refractivity contribution in [3.05, 3.63) is 0 Å². The molecule has 90 valence electrons. The first-order valence-corrected chi connectivity index (χ1v) is 6.91. The minimum atomic E-state index is -3.23. The zero-order chi connectivity index (χ0) is 11.9. The fourth-order valence-electron chi connectivity index (χ4n) is 1.98. The third-order valence-electron chi connectivity index (χ3n) is 3.89. The summed E-state index contributed by atoms with van der Waals surface area (Å²) in [4.78, 5) is 0. The highest BCUT2D eigenvalue weighted by Gasteiger charge is 2.65. The molecule has 0 atom stereocenters. The van der Waals surface area contributed by atoms with E-state index in [1.54, 1.807) is 0 Å². The van der Waals surface area contributed by atoms with Crippen molar-refractivity contribution >= 4 is 10.0 Å². The highest BCUT2D eigenvalue weighted by atomic mass is 32.2. The molecule has 0 aromatic rings. The van der Waals surface area contributed by atoms with Crippen molar-refractivity contribution in [2.45, 2.75) is 40.2 Å². The molecular weight excluding hydrogens is 214 g/mol. The molecule has 0 aromatic carbocycles. The predicted molar refractivity (Wildman–Crippen MR) is 60.0 cm³/mol. The van der Waals surface area contributed by atoms with E-state index in [0.717, 1.165) is 0 Å². The van der Waals surface area contributed by atoms with Gasteiger partial charge in [0.1, 0.15) is 0 Å². The van der Waals surface area contributed by atoms with Crippen molar-refractivity contribution in [2.24, 2.45) is 10.8 Å². The number of sulfonamides is 1. The van der Waals surface area contributed by atoms with E-state index < -0.39 is 10.0 Å². The van der Waals surface area contributed by atoms with Gasteiger partial charge in [0.2, 0.25) is 10.0 Å². The van der Waals surface area contributed by atoms with Gasteiger partial charge in [0.25, 0.3) is 0 Å². The van der Waals surface area contributed by atoms with E-state index in [2.05, 4.69) is 32.4 Å². The number of rotatable bonds is 5. The second-order valence-corrected chi connectivity index (χ2v) is 7.26. The molecule has 0 saturated heterocycles. The van der Waals surface area contributed by atoms with Gasteiger partial charge in [-0.15, -0.1) is 0 Å². The summed E-state index contributed by atoms with van der Waals surface area (Å²) in [5, 5.41) is 8.59. The smallest absolute Gasteiger partial charge is 0.211 e. The summed E-state index contributed by atoms with van der Waals surface area (Å²) in [5.41, 5.74) is 0.0264. The molecule has 0 aliphatic heterocycles. The zero-order valence-electron chi connectivity index (χ0n) is 9.87. The van der Waals surface area contributed by atoms with Gasteiger partial charge in [-0.25, -0.2) is 13.1 Å². The molecule has 1 fully saturated rings. The third kappa shape index (κ3) is 2.34. The highest BCUT2D eigenvalue weighted by molar-refractivity contribution is 7.89. The topological polar surface area (TPSA) is 66.4 Å². The first-order valence-electron chi connectivity index (χ1n) is 5.26. The summed E-state index contributed by atoms with van der Waals surface area (Å²) in [5.74, 6) is 0.00611. The van der Waals surface area contributed by atoms with E-state index in [1.807, 2.05) is 0 Å². The molecule has 0 bridgehead atoms. The number of hydrogen-bond acceptors (Lipinski definition) is 3. The lowest BCUT2D eigenvalue weighted by atomic mass is 10.0. The molecule has 1 rings (SSSR count). The number of aliphatic hydroxyl groups is 1. The van der Waals surface area contributed by atoms with E-state index in [9.17, 15) is 8.42 Å². The summed E-state index contributed by atoms with van der Waals surface area (Å²) in [6.45, 7) is 8.16. The normalized spacial score (nSPS) is 24.1. The van der Waals surface area contributed by atoms with E-state index in [0.29, 0.717) is 6.42 Å². The van der Waals surface area contributed by atoms with Crippen LogP contribution in [0.15, 0.2) is 0 Å². The van der Waals surface area contributed by atoms with Gasteiger partial charge in [-0.1, -0.05) is 27.7 Å². The second kappa shape index (κ2) is 3.71. The van der Waals surface area contributed by atoms with E-state index in [-0.39, 0.29) is 29.2 Å². The second-order valence-electron chi connectivity index (χ2n) is 5.39. The Kier molecular flexibility index (Phi) is 3.20. The lowest BCUT2D eigenvalue weighted by Crippen LogP contribution is -2.32. The Morgan fingerprint density at radius 2 is 1.67 bits per heavy atom. The lowest BCUT2D eigenvalue weighted by molar-refractivity contribution is 0.295. The summed E-state index contributed by atoms with van der Waals surface area (Å²) in [6.07, 6.45) is 0.295. The Hall–Kier alpha value is -0.130. The highest BCUT2D eigenvalue weighted by Crippen LogP contribution is 2.62. The summed E-state index contributed by atoms with van der Waals surface area (Å²) < 4.78 is 25.9. The summed E-state index contributed by atoms with van der Waals surface area (Å²) in [7, 11) is -3.23. The van der Waals surface area contributed by atoms with Gasteiger partial charge in [-0.3, -0.25) is 0 Å². The lowest BCUT2D eigenvalue weighted by Gasteiger charge is -2.07. The summed E-state index contributed by atoms with van der Waals surface area (Å²) in [6, 6.07) is 0.00805. The molecule has 1 aliphatic carbocycles. The molecule has 0 spiro atoms. The maximum Gasteiger partial charge on any atom is 0.211 e. The minimum absolute atomic E-state index is 0.00611. The minimum Gasteiger partial charge on any atom is -0.396 e. The van der Waals surface area contributed by atoms with Crippen LogP contribution in [-0.2, 0) is 10.0 Å². The molecule has 5 heteroatoms. The van der Waals surface area contributed by atoms with E-state index >= 15 is 0 Å². The molecule has 15 heavy (non-hydrogen) atoms. The zero-order valence-corrected chi connectivity index (χ0v) is 10.7. The molecule has 0 aromatic heterocycles. The van der Waals surface area contributed by atoms with Crippen LogP contribution < -0.4 is 4.72 Å². The van der Waals surface area contributed by atoms with Crippen LogP contribution in [0.4, 0.5) is 0 Å². The summed E-state index contributed by atoms with van der Waals surface area (Å²) >= 11 is 0. The van der Waals surface area contributed by atoms with Crippen molar-refractivity contribution in [3.8, 4) is 0 Å². The van der Waals surface area contributed by atoms with Crippen molar-refractivity contribution in [1.82, 2.24) is 4.72 Å².